The van der Waals surface area contributed by atoms with Gasteiger partial charge in [0, 0.05) is 11.1 Å². The second-order valence-corrected chi connectivity index (χ2v) is 8.43. The van der Waals surface area contributed by atoms with Gasteiger partial charge in [-0.05, 0) is 36.0 Å². The van der Waals surface area contributed by atoms with E-state index in [1.807, 2.05) is 54.6 Å². The van der Waals surface area contributed by atoms with Crippen LogP contribution in [0.5, 0.6) is 0 Å². The van der Waals surface area contributed by atoms with E-state index in [4.69, 9.17) is 4.74 Å². The van der Waals surface area contributed by atoms with Crippen molar-refractivity contribution in [1.82, 2.24) is 0 Å². The molecule has 1 aliphatic rings. The molecule has 0 amide bonds. The number of hydrogen-bond donors (Lipinski definition) is 0. The largest absolute Gasteiger partial charge is 0.362 e. The van der Waals surface area contributed by atoms with Crippen molar-refractivity contribution in [3.8, 4) is 0 Å². The molecule has 4 aromatic rings. The summed E-state index contributed by atoms with van der Waals surface area (Å²) in [5, 5.41) is 0. The minimum Gasteiger partial charge on any atom is -0.362 e. The van der Waals surface area contributed by atoms with Crippen LogP contribution in [-0.4, -0.2) is 11.9 Å². The first-order chi connectivity index (χ1) is 15.7. The van der Waals surface area contributed by atoms with Gasteiger partial charge in [-0.2, -0.15) is 0 Å². The summed E-state index contributed by atoms with van der Waals surface area (Å²) in [7, 11) is 0. The van der Waals surface area contributed by atoms with Crippen molar-refractivity contribution >= 4 is 5.78 Å². The van der Waals surface area contributed by atoms with Gasteiger partial charge in [0.05, 0.1) is 6.10 Å². The van der Waals surface area contributed by atoms with Gasteiger partial charge >= 0.3 is 0 Å². The average molecular weight is 419 g/mol. The molecule has 2 nitrogen and oxygen atoms in total. The molecule has 158 valence electrons. The molecule has 0 aliphatic carbocycles. The lowest BCUT2D eigenvalue weighted by Crippen LogP contribution is -2.28. The molecule has 1 heterocycles. The molecule has 0 radical (unpaired) electrons. The number of hydrogen-bond acceptors (Lipinski definition) is 2. The zero-order chi connectivity index (χ0) is 21.8. The lowest BCUT2D eigenvalue weighted by Gasteiger charge is -2.31. The van der Waals surface area contributed by atoms with Gasteiger partial charge in [0.2, 0.25) is 0 Å². The first-order valence-corrected chi connectivity index (χ1v) is 11.2. The molecule has 32 heavy (non-hydrogen) atoms. The predicted octanol–water partition coefficient (Wildman–Crippen LogP) is 6.58. The standard InChI is InChI=1S/C30H26O2/c31-29(24-10-4-1-5-11-24)25-18-16-23(17-19-25)22-28-20-21-30(32-28,26-12-6-2-7-13-26)27-14-8-3-9-15-27/h1-19,28H,20-22H2/t28-/m0/s1. The van der Waals surface area contributed by atoms with Gasteiger partial charge in [0.1, 0.15) is 5.60 Å². The van der Waals surface area contributed by atoms with Crippen molar-refractivity contribution < 1.29 is 9.53 Å². The fraction of sp³-hybridized carbons (Fsp3) is 0.167. The highest BCUT2D eigenvalue weighted by molar-refractivity contribution is 6.08. The van der Waals surface area contributed by atoms with Crippen LogP contribution in [-0.2, 0) is 16.8 Å². The van der Waals surface area contributed by atoms with Crippen LogP contribution >= 0.6 is 0 Å². The van der Waals surface area contributed by atoms with Gasteiger partial charge in [-0.3, -0.25) is 4.79 Å². The highest BCUT2D eigenvalue weighted by Crippen LogP contribution is 2.45. The van der Waals surface area contributed by atoms with E-state index in [-0.39, 0.29) is 11.9 Å². The Balaban J connectivity index is 1.34. The van der Waals surface area contributed by atoms with E-state index in [2.05, 4.69) is 60.7 Å². The van der Waals surface area contributed by atoms with Crippen molar-refractivity contribution in [2.45, 2.75) is 31.0 Å². The Morgan fingerprint density at radius 2 is 1.19 bits per heavy atom. The highest BCUT2D eigenvalue weighted by atomic mass is 16.5. The Morgan fingerprint density at radius 3 is 1.75 bits per heavy atom. The van der Waals surface area contributed by atoms with E-state index in [9.17, 15) is 4.79 Å². The third-order valence-electron chi connectivity index (χ3n) is 6.38. The molecule has 0 N–H and O–H groups in total. The second-order valence-electron chi connectivity index (χ2n) is 8.43. The van der Waals surface area contributed by atoms with Gasteiger partial charge in [0.25, 0.3) is 0 Å². The summed E-state index contributed by atoms with van der Waals surface area (Å²) in [6, 6.07) is 38.5. The monoisotopic (exact) mass is 418 g/mol. The minimum atomic E-state index is -0.406. The molecule has 1 atom stereocenters. The van der Waals surface area contributed by atoms with Crippen molar-refractivity contribution in [3.05, 3.63) is 143 Å². The molecule has 0 bridgehead atoms. The van der Waals surface area contributed by atoms with Crippen molar-refractivity contribution in [2.75, 3.05) is 0 Å². The molecule has 2 heteroatoms. The third-order valence-corrected chi connectivity index (χ3v) is 6.38. The van der Waals surface area contributed by atoms with E-state index < -0.39 is 5.60 Å². The van der Waals surface area contributed by atoms with Crippen molar-refractivity contribution in [3.63, 3.8) is 0 Å². The first-order valence-electron chi connectivity index (χ1n) is 11.2. The van der Waals surface area contributed by atoms with Crippen molar-refractivity contribution in [2.24, 2.45) is 0 Å². The van der Waals surface area contributed by atoms with E-state index in [1.165, 1.54) is 16.7 Å². The number of ether oxygens (including phenoxy) is 1. The summed E-state index contributed by atoms with van der Waals surface area (Å²) < 4.78 is 6.81. The molecule has 4 aromatic carbocycles. The van der Waals surface area contributed by atoms with Crippen molar-refractivity contribution in [1.29, 1.82) is 0 Å². The Labute approximate surface area is 189 Å². The molecular formula is C30H26O2. The topological polar surface area (TPSA) is 26.3 Å². The van der Waals surface area contributed by atoms with Gasteiger partial charge < -0.3 is 4.74 Å². The van der Waals surface area contributed by atoms with E-state index >= 15 is 0 Å². The Morgan fingerprint density at radius 1 is 0.688 bits per heavy atom. The third kappa shape index (κ3) is 4.02. The lowest BCUT2D eigenvalue weighted by molar-refractivity contribution is -0.0159. The molecule has 0 unspecified atom stereocenters. The summed E-state index contributed by atoms with van der Waals surface area (Å²) >= 11 is 0. The second kappa shape index (κ2) is 8.94. The predicted molar refractivity (Wildman–Crippen MR) is 128 cm³/mol. The SMILES string of the molecule is O=C(c1ccccc1)c1ccc(C[C@@H]2CCC(c3ccccc3)(c3ccccc3)O2)cc1. The van der Waals surface area contributed by atoms with Gasteiger partial charge in [-0.1, -0.05) is 115 Å². The number of rotatable bonds is 6. The lowest BCUT2D eigenvalue weighted by atomic mass is 9.84. The van der Waals surface area contributed by atoms with Crippen LogP contribution in [0.1, 0.15) is 45.5 Å². The van der Waals surface area contributed by atoms with E-state index in [1.54, 1.807) is 0 Å². The Hall–Kier alpha value is -3.49. The summed E-state index contributed by atoms with van der Waals surface area (Å²) in [5.74, 6) is 0.0569. The first kappa shape index (κ1) is 20.4. The smallest absolute Gasteiger partial charge is 0.193 e. The maximum absolute atomic E-state index is 12.7. The van der Waals surface area contributed by atoms with Crippen LogP contribution < -0.4 is 0 Å². The molecular weight excluding hydrogens is 392 g/mol. The fourth-order valence-corrected chi connectivity index (χ4v) is 4.73. The number of benzene rings is 4. The number of carbonyl (C=O) groups is 1. The summed E-state index contributed by atoms with van der Waals surface area (Å²) in [6.45, 7) is 0. The molecule has 1 saturated heterocycles. The van der Waals surface area contributed by atoms with Gasteiger partial charge in [0.15, 0.2) is 5.78 Å². The molecule has 5 rings (SSSR count). The van der Waals surface area contributed by atoms with Crippen LogP contribution in [0, 0.1) is 0 Å². The normalized spacial score (nSPS) is 17.2. The maximum Gasteiger partial charge on any atom is 0.193 e. The zero-order valence-electron chi connectivity index (χ0n) is 18.0. The Bertz CT molecular complexity index is 1130. The molecule has 1 fully saturated rings. The summed E-state index contributed by atoms with van der Waals surface area (Å²) in [4.78, 5) is 12.7. The van der Waals surface area contributed by atoms with E-state index in [0.29, 0.717) is 0 Å². The summed E-state index contributed by atoms with van der Waals surface area (Å²) in [5.41, 5.74) is 4.63. The zero-order valence-corrected chi connectivity index (χ0v) is 18.0. The minimum absolute atomic E-state index is 0.0569. The van der Waals surface area contributed by atoms with Gasteiger partial charge in [-0.25, -0.2) is 0 Å². The molecule has 1 aliphatic heterocycles. The fourth-order valence-electron chi connectivity index (χ4n) is 4.73. The Kier molecular flexibility index (Phi) is 5.70. The van der Waals surface area contributed by atoms with Gasteiger partial charge in [-0.15, -0.1) is 0 Å². The van der Waals surface area contributed by atoms with E-state index in [0.717, 1.165) is 30.4 Å². The quantitative estimate of drug-likeness (QED) is 0.331. The van der Waals surface area contributed by atoms with Crippen LogP contribution in [0.4, 0.5) is 0 Å². The highest BCUT2D eigenvalue weighted by Gasteiger charge is 2.42. The number of ketones is 1. The average Bonchev–Trinajstić information content (AvgIpc) is 3.31. The van der Waals surface area contributed by atoms with Crippen LogP contribution in [0.15, 0.2) is 115 Å². The summed E-state index contributed by atoms with van der Waals surface area (Å²) in [6.07, 6.45) is 2.91. The molecule has 0 aromatic heterocycles. The maximum atomic E-state index is 12.7. The number of carbonyl (C=O) groups excluding carboxylic acids is 1. The van der Waals surface area contributed by atoms with Crippen LogP contribution in [0.2, 0.25) is 0 Å². The van der Waals surface area contributed by atoms with Crippen LogP contribution in [0.25, 0.3) is 0 Å². The molecule has 0 spiro atoms. The molecule has 0 saturated carbocycles. The van der Waals surface area contributed by atoms with Crippen LogP contribution in [0.3, 0.4) is 0 Å².